The number of nitrogens with zero attached hydrogens (tertiary/aromatic N) is 3. The summed E-state index contributed by atoms with van der Waals surface area (Å²) in [6.45, 7) is 2.23. The summed E-state index contributed by atoms with van der Waals surface area (Å²) in [4.78, 5) is 54.1. The first-order valence-electron chi connectivity index (χ1n) is 9.85. The number of hydrogen-bond acceptors (Lipinski definition) is 9. The van der Waals surface area contributed by atoms with E-state index in [1.807, 2.05) is 25.1 Å². The minimum absolute atomic E-state index is 0.256. The van der Waals surface area contributed by atoms with Crippen LogP contribution in [0.25, 0.3) is 32.6 Å². The third-order valence-corrected chi connectivity index (χ3v) is 6.91. The molecule has 4 heterocycles. The van der Waals surface area contributed by atoms with Gasteiger partial charge in [-0.1, -0.05) is 6.07 Å². The Morgan fingerprint density at radius 1 is 1.21 bits per heavy atom. The average Bonchev–Trinajstić information content (AvgIpc) is 3.43. The molecule has 0 spiro atoms. The van der Waals surface area contributed by atoms with Crippen LogP contribution in [0.1, 0.15) is 21.1 Å². The van der Waals surface area contributed by atoms with Crippen molar-refractivity contribution in [2.45, 2.75) is 13.5 Å². The highest BCUT2D eigenvalue weighted by molar-refractivity contribution is 7.21. The van der Waals surface area contributed by atoms with Crippen LogP contribution in [0.3, 0.4) is 0 Å². The van der Waals surface area contributed by atoms with Crippen LogP contribution in [-0.2, 0) is 6.54 Å². The summed E-state index contributed by atoms with van der Waals surface area (Å²) in [5.74, 6) is -0.322. The van der Waals surface area contributed by atoms with E-state index in [4.69, 9.17) is 4.42 Å². The molecule has 0 saturated heterocycles. The largest absolute Gasteiger partial charge is 0.417 e. The van der Waals surface area contributed by atoms with Crippen LogP contribution in [0.15, 0.2) is 37.6 Å². The topological polar surface area (TPSA) is 137 Å². The standard InChI is InChI=1S/C21H18N6O4S2/c1-9-15-17(28)24-14(7-27(2)3)25-19(15)33-16(9)18(29)26-20-22-12(8-32-20)10-4-5-11-13(6-10)31-21(30)23-11/h4-6,8H,7H2,1-3H3,(H,23,30)(H,22,26,29)(H,24,25,28). The van der Waals surface area contributed by atoms with Gasteiger partial charge in [0.2, 0.25) is 0 Å². The highest BCUT2D eigenvalue weighted by Crippen LogP contribution is 2.30. The number of H-pyrrole nitrogens is 2. The number of thiophene rings is 1. The molecule has 0 saturated carbocycles. The van der Waals surface area contributed by atoms with Gasteiger partial charge in [0.05, 0.1) is 28.0 Å². The summed E-state index contributed by atoms with van der Waals surface area (Å²) in [5.41, 5.74) is 2.76. The lowest BCUT2D eigenvalue weighted by molar-refractivity contribution is 0.103. The molecule has 1 aromatic carbocycles. The minimum atomic E-state index is -0.519. The third kappa shape index (κ3) is 3.99. The van der Waals surface area contributed by atoms with Gasteiger partial charge in [-0.3, -0.25) is 19.9 Å². The van der Waals surface area contributed by atoms with E-state index < -0.39 is 5.76 Å². The summed E-state index contributed by atoms with van der Waals surface area (Å²) >= 11 is 2.46. The number of aryl methyl sites for hydroxylation is 1. The van der Waals surface area contributed by atoms with E-state index in [-0.39, 0.29) is 11.5 Å². The minimum Gasteiger partial charge on any atom is -0.408 e. The van der Waals surface area contributed by atoms with E-state index in [1.54, 1.807) is 24.4 Å². The summed E-state index contributed by atoms with van der Waals surface area (Å²) in [6, 6.07) is 5.27. The van der Waals surface area contributed by atoms with Gasteiger partial charge in [-0.25, -0.2) is 14.8 Å². The third-order valence-electron chi connectivity index (χ3n) is 4.96. The molecule has 0 radical (unpaired) electrons. The number of benzene rings is 1. The Morgan fingerprint density at radius 2 is 2.03 bits per heavy atom. The van der Waals surface area contributed by atoms with E-state index in [1.165, 1.54) is 22.7 Å². The number of fused-ring (bicyclic) bond motifs is 2. The van der Waals surface area contributed by atoms with Gasteiger partial charge in [-0.15, -0.1) is 22.7 Å². The van der Waals surface area contributed by atoms with Gasteiger partial charge in [0.1, 0.15) is 10.7 Å². The van der Waals surface area contributed by atoms with Crippen molar-refractivity contribution < 1.29 is 9.21 Å². The molecule has 4 aromatic heterocycles. The zero-order chi connectivity index (χ0) is 23.3. The Balaban J connectivity index is 1.42. The Hall–Kier alpha value is -3.61. The number of carbonyl (C=O) groups excluding carboxylic acids is 1. The fourth-order valence-corrected chi connectivity index (χ4v) is 5.31. The number of aromatic amines is 2. The van der Waals surface area contributed by atoms with Gasteiger partial charge >= 0.3 is 5.76 Å². The predicted octanol–water partition coefficient (Wildman–Crippen LogP) is 3.16. The second-order valence-electron chi connectivity index (χ2n) is 7.70. The van der Waals surface area contributed by atoms with Gasteiger partial charge in [-0.2, -0.15) is 0 Å². The number of hydrogen-bond donors (Lipinski definition) is 3. The van der Waals surface area contributed by atoms with E-state index in [2.05, 4.69) is 25.3 Å². The zero-order valence-corrected chi connectivity index (χ0v) is 19.4. The van der Waals surface area contributed by atoms with Gasteiger partial charge in [-0.05, 0) is 38.7 Å². The van der Waals surface area contributed by atoms with E-state index in [0.717, 1.165) is 5.56 Å². The maximum atomic E-state index is 13.0. The maximum Gasteiger partial charge on any atom is 0.417 e. The second-order valence-corrected chi connectivity index (χ2v) is 9.56. The fraction of sp³-hybridized carbons (Fsp3) is 0.190. The van der Waals surface area contributed by atoms with Crippen molar-refractivity contribution in [3.8, 4) is 11.3 Å². The maximum absolute atomic E-state index is 13.0. The highest BCUT2D eigenvalue weighted by atomic mass is 32.1. The number of carbonyl (C=O) groups is 1. The molecule has 0 aliphatic rings. The van der Waals surface area contributed by atoms with Crippen LogP contribution in [-0.4, -0.2) is 44.8 Å². The molecule has 0 fully saturated rings. The summed E-state index contributed by atoms with van der Waals surface area (Å²) in [5, 5.41) is 5.45. The van der Waals surface area contributed by atoms with Crippen molar-refractivity contribution in [1.29, 1.82) is 0 Å². The number of nitrogens with one attached hydrogen (secondary N) is 3. The van der Waals surface area contributed by atoms with Gasteiger partial charge < -0.3 is 14.3 Å². The number of rotatable bonds is 5. The Labute approximate surface area is 193 Å². The van der Waals surface area contributed by atoms with Gasteiger partial charge in [0, 0.05) is 10.9 Å². The first-order valence-corrected chi connectivity index (χ1v) is 11.6. The average molecular weight is 483 g/mol. The Bertz CT molecular complexity index is 1640. The van der Waals surface area contributed by atoms with Crippen LogP contribution in [0.4, 0.5) is 5.13 Å². The van der Waals surface area contributed by atoms with Crippen LogP contribution < -0.4 is 16.6 Å². The molecule has 3 N–H and O–H groups in total. The van der Waals surface area contributed by atoms with Crippen LogP contribution in [0, 0.1) is 6.92 Å². The molecule has 168 valence electrons. The summed E-state index contributed by atoms with van der Waals surface area (Å²) < 4.78 is 5.10. The van der Waals surface area contributed by atoms with Crippen molar-refractivity contribution in [3.63, 3.8) is 0 Å². The normalized spacial score (nSPS) is 11.6. The molecule has 0 bridgehead atoms. The molecule has 33 heavy (non-hydrogen) atoms. The Morgan fingerprint density at radius 3 is 2.82 bits per heavy atom. The van der Waals surface area contributed by atoms with E-state index in [9.17, 15) is 14.4 Å². The SMILES string of the molecule is Cc1c(C(=O)Nc2nc(-c3ccc4[nH]c(=O)oc4c3)cs2)sc2nc(CN(C)C)[nH]c(=O)c12. The number of thiazole rings is 1. The Kier molecular flexibility index (Phi) is 5.19. The molecule has 10 nitrogen and oxygen atoms in total. The fourth-order valence-electron chi connectivity index (χ4n) is 3.50. The lowest BCUT2D eigenvalue weighted by atomic mass is 10.1. The van der Waals surface area contributed by atoms with E-state index in [0.29, 0.717) is 55.0 Å². The second kappa shape index (κ2) is 8.06. The van der Waals surface area contributed by atoms with Gasteiger partial charge in [0.15, 0.2) is 10.7 Å². The van der Waals surface area contributed by atoms with Crippen molar-refractivity contribution in [3.05, 3.63) is 60.7 Å². The molecule has 5 aromatic rings. The van der Waals surface area contributed by atoms with Crippen molar-refractivity contribution in [2.24, 2.45) is 0 Å². The van der Waals surface area contributed by atoms with Crippen LogP contribution >= 0.6 is 22.7 Å². The number of oxazole rings is 1. The molecule has 1 amide bonds. The van der Waals surface area contributed by atoms with Crippen molar-refractivity contribution in [2.75, 3.05) is 19.4 Å². The quantitative estimate of drug-likeness (QED) is 0.350. The lowest BCUT2D eigenvalue weighted by Gasteiger charge is -2.07. The van der Waals surface area contributed by atoms with E-state index >= 15 is 0 Å². The highest BCUT2D eigenvalue weighted by Gasteiger charge is 2.20. The predicted molar refractivity (Wildman–Crippen MR) is 128 cm³/mol. The molecule has 0 atom stereocenters. The lowest BCUT2D eigenvalue weighted by Crippen LogP contribution is -2.18. The first kappa shape index (κ1) is 21.2. The summed E-state index contributed by atoms with van der Waals surface area (Å²) in [6.07, 6.45) is 0. The van der Waals surface area contributed by atoms with Crippen molar-refractivity contribution >= 4 is 55.0 Å². The number of amides is 1. The smallest absolute Gasteiger partial charge is 0.408 e. The van der Waals surface area contributed by atoms with Crippen LogP contribution in [0.2, 0.25) is 0 Å². The number of anilines is 1. The summed E-state index contributed by atoms with van der Waals surface area (Å²) in [7, 11) is 3.77. The zero-order valence-electron chi connectivity index (χ0n) is 17.8. The van der Waals surface area contributed by atoms with Gasteiger partial charge in [0.25, 0.3) is 11.5 Å². The molecular weight excluding hydrogens is 464 g/mol. The molecular formula is C21H18N6O4S2. The van der Waals surface area contributed by atoms with Crippen molar-refractivity contribution in [1.82, 2.24) is 24.8 Å². The van der Waals surface area contributed by atoms with Crippen LogP contribution in [0.5, 0.6) is 0 Å². The first-order chi connectivity index (χ1) is 15.8. The molecule has 12 heteroatoms. The number of aromatic nitrogens is 4. The monoisotopic (exact) mass is 482 g/mol. The molecule has 0 aliphatic carbocycles. The molecule has 0 aliphatic heterocycles. The molecule has 0 unspecified atom stereocenters. The molecule has 5 rings (SSSR count).